The number of halogens is 1. The molecule has 4 rings (SSSR count). The summed E-state index contributed by atoms with van der Waals surface area (Å²) in [5.74, 6) is 0.0179. The molecule has 0 spiro atoms. The number of nitrogens with two attached hydrogens (primary N) is 1. The molecule has 2 heterocycles. The fraction of sp³-hybridized carbons (Fsp3) is 0.250. The maximum absolute atomic E-state index is 12.8. The first-order valence-electron chi connectivity index (χ1n) is 9.14. The monoisotopic (exact) mass is 414 g/mol. The van der Waals surface area contributed by atoms with Gasteiger partial charge in [-0.05, 0) is 12.1 Å². The summed E-state index contributed by atoms with van der Waals surface area (Å²) in [5.41, 5.74) is 6.75. The molecule has 1 atom stereocenters. The number of ether oxygens (including phenoxy) is 2. The Hall–Kier alpha value is -3.26. The van der Waals surface area contributed by atoms with Crippen LogP contribution in [0, 0.1) is 0 Å². The van der Waals surface area contributed by atoms with Crippen LogP contribution in [0.3, 0.4) is 0 Å². The fourth-order valence-electron chi connectivity index (χ4n) is 3.16. The molecule has 3 N–H and O–H groups in total. The number of carbonyl (C=O) groups is 2. The van der Waals surface area contributed by atoms with E-state index in [1.54, 1.807) is 24.3 Å². The van der Waals surface area contributed by atoms with Crippen LogP contribution in [0.15, 0.2) is 47.6 Å². The molecule has 0 unspecified atom stereocenters. The molecule has 2 amide bonds. The minimum Gasteiger partial charge on any atom is -0.490 e. The number of rotatable bonds is 4. The van der Waals surface area contributed by atoms with Crippen LogP contribution in [0.1, 0.15) is 12.8 Å². The maximum atomic E-state index is 12.8. The van der Waals surface area contributed by atoms with Crippen molar-refractivity contribution in [2.24, 2.45) is 10.8 Å². The summed E-state index contributed by atoms with van der Waals surface area (Å²) < 4.78 is 11.2. The molecule has 0 saturated carbocycles. The van der Waals surface area contributed by atoms with E-state index in [9.17, 15) is 9.59 Å². The highest BCUT2D eigenvalue weighted by Gasteiger charge is 2.35. The molecule has 29 heavy (non-hydrogen) atoms. The molecule has 2 aliphatic rings. The van der Waals surface area contributed by atoms with Crippen molar-refractivity contribution in [1.82, 2.24) is 0 Å². The number of amides is 2. The molecule has 0 aliphatic carbocycles. The number of nitrogens with one attached hydrogen (secondary N) is 1. The van der Waals surface area contributed by atoms with Gasteiger partial charge in [0.2, 0.25) is 5.91 Å². The van der Waals surface area contributed by atoms with Gasteiger partial charge in [-0.1, -0.05) is 29.8 Å². The molecule has 2 aromatic rings. The van der Waals surface area contributed by atoms with E-state index in [4.69, 9.17) is 26.8 Å². The number of anilines is 2. The van der Waals surface area contributed by atoms with Gasteiger partial charge in [0.25, 0.3) is 5.91 Å². The van der Waals surface area contributed by atoms with Crippen LogP contribution in [0.5, 0.6) is 11.5 Å². The van der Waals surface area contributed by atoms with Gasteiger partial charge in [0.15, 0.2) is 11.5 Å². The zero-order chi connectivity index (χ0) is 20.4. The average Bonchev–Trinajstić information content (AvgIpc) is 3.05. The van der Waals surface area contributed by atoms with E-state index in [0.29, 0.717) is 41.1 Å². The van der Waals surface area contributed by atoms with Gasteiger partial charge in [-0.3, -0.25) is 14.6 Å². The Morgan fingerprint density at radius 2 is 1.83 bits per heavy atom. The quantitative estimate of drug-likeness (QED) is 0.799. The highest BCUT2D eigenvalue weighted by molar-refractivity contribution is 6.45. The Kier molecular flexibility index (Phi) is 5.26. The zero-order valence-electron chi connectivity index (χ0n) is 15.4. The molecule has 9 heteroatoms. The number of carbonyl (C=O) groups excluding carboxylic acids is 2. The Balaban J connectivity index is 1.57. The predicted molar refractivity (Wildman–Crippen MR) is 110 cm³/mol. The third kappa shape index (κ3) is 3.97. The third-order valence-corrected chi connectivity index (χ3v) is 4.92. The van der Waals surface area contributed by atoms with Crippen molar-refractivity contribution >= 4 is 40.5 Å². The van der Waals surface area contributed by atoms with Crippen LogP contribution in [0.25, 0.3) is 0 Å². The van der Waals surface area contributed by atoms with Crippen LogP contribution >= 0.6 is 11.6 Å². The number of hydrogen-bond acceptors (Lipinski definition) is 6. The van der Waals surface area contributed by atoms with Crippen molar-refractivity contribution < 1.29 is 19.1 Å². The van der Waals surface area contributed by atoms with E-state index in [0.717, 1.165) is 6.42 Å². The Morgan fingerprint density at radius 1 is 1.14 bits per heavy atom. The van der Waals surface area contributed by atoms with Gasteiger partial charge >= 0.3 is 0 Å². The van der Waals surface area contributed by atoms with Crippen molar-refractivity contribution in [3.8, 4) is 11.5 Å². The molecule has 0 radical (unpaired) electrons. The van der Waals surface area contributed by atoms with Crippen LogP contribution in [0.4, 0.5) is 11.4 Å². The number of primary amides is 1. The lowest BCUT2D eigenvalue weighted by Crippen LogP contribution is -2.39. The number of hydrogen-bond donors (Lipinski definition) is 2. The van der Waals surface area contributed by atoms with E-state index in [2.05, 4.69) is 10.4 Å². The first kappa shape index (κ1) is 19.1. The highest BCUT2D eigenvalue weighted by Crippen LogP contribution is 2.38. The van der Waals surface area contributed by atoms with Crippen LogP contribution < -0.4 is 25.5 Å². The molecule has 150 valence electrons. The average molecular weight is 415 g/mol. The predicted octanol–water partition coefficient (Wildman–Crippen LogP) is 2.56. The van der Waals surface area contributed by atoms with Gasteiger partial charge < -0.3 is 20.5 Å². The summed E-state index contributed by atoms with van der Waals surface area (Å²) in [4.78, 5) is 24.7. The molecule has 2 aromatic carbocycles. The lowest BCUT2D eigenvalue weighted by Gasteiger charge is -2.20. The van der Waals surface area contributed by atoms with Crippen LogP contribution in [-0.4, -0.2) is 36.8 Å². The Bertz CT molecular complexity index is 980. The molecule has 0 saturated heterocycles. The van der Waals surface area contributed by atoms with Crippen LogP contribution in [0.2, 0.25) is 5.02 Å². The van der Waals surface area contributed by atoms with Crippen molar-refractivity contribution in [3.05, 3.63) is 47.5 Å². The van der Waals surface area contributed by atoms with E-state index < -0.39 is 17.9 Å². The van der Waals surface area contributed by atoms with Gasteiger partial charge in [0.1, 0.15) is 11.8 Å². The Morgan fingerprint density at radius 3 is 2.52 bits per heavy atom. The first-order valence-corrected chi connectivity index (χ1v) is 9.52. The molecular weight excluding hydrogens is 396 g/mol. The lowest BCUT2D eigenvalue weighted by molar-refractivity contribution is -0.119. The molecule has 0 fully saturated rings. The summed E-state index contributed by atoms with van der Waals surface area (Å²) in [6.45, 7) is 1.05. The first-order chi connectivity index (χ1) is 14.0. The SMILES string of the molecule is NC(=O)[C@H]1CC(C(=O)Nc2cc3c(cc2Cl)OCCCO3)=NN1c1ccccc1. The number of hydrazone groups is 1. The molecular formula is C20H19ClN4O4. The topological polar surface area (TPSA) is 106 Å². The van der Waals surface area contributed by atoms with Crippen molar-refractivity contribution in [1.29, 1.82) is 0 Å². The maximum Gasteiger partial charge on any atom is 0.272 e. The summed E-state index contributed by atoms with van der Waals surface area (Å²) in [6.07, 6.45) is 0.854. The molecule has 0 aromatic heterocycles. The minimum absolute atomic E-state index is 0.0955. The van der Waals surface area contributed by atoms with E-state index in [1.807, 2.05) is 18.2 Å². The minimum atomic E-state index is -0.739. The van der Waals surface area contributed by atoms with Gasteiger partial charge in [-0.2, -0.15) is 5.10 Å². The fourth-order valence-corrected chi connectivity index (χ4v) is 3.36. The van der Waals surface area contributed by atoms with Gasteiger partial charge in [-0.25, -0.2) is 0 Å². The third-order valence-electron chi connectivity index (χ3n) is 4.61. The highest BCUT2D eigenvalue weighted by atomic mass is 35.5. The summed E-state index contributed by atoms with van der Waals surface area (Å²) >= 11 is 6.29. The van der Waals surface area contributed by atoms with Gasteiger partial charge in [-0.15, -0.1) is 0 Å². The standard InChI is InChI=1S/C20H19ClN4O4/c21-13-9-17-18(29-8-4-7-28-17)11-14(13)23-20(27)15-10-16(19(22)26)25(24-15)12-5-2-1-3-6-12/h1-3,5-6,9,11,16H,4,7-8,10H2,(H2,22,26)(H,23,27)/t16-/m1/s1. The van der Waals surface area contributed by atoms with Crippen molar-refractivity contribution in [3.63, 3.8) is 0 Å². The van der Waals surface area contributed by atoms with E-state index in [1.165, 1.54) is 5.01 Å². The summed E-state index contributed by atoms with van der Waals surface area (Å²) in [5, 5.41) is 8.84. The lowest BCUT2D eigenvalue weighted by atomic mass is 10.1. The number of fused-ring (bicyclic) bond motifs is 1. The van der Waals surface area contributed by atoms with Gasteiger partial charge in [0, 0.05) is 25.0 Å². The molecule has 2 aliphatic heterocycles. The van der Waals surface area contributed by atoms with Crippen molar-refractivity contribution in [2.75, 3.05) is 23.5 Å². The number of benzene rings is 2. The number of para-hydroxylation sites is 1. The second-order valence-corrected chi connectivity index (χ2v) is 7.04. The van der Waals surface area contributed by atoms with E-state index in [-0.39, 0.29) is 12.1 Å². The normalized spacial score (nSPS) is 18.0. The second-order valence-electron chi connectivity index (χ2n) is 6.63. The van der Waals surface area contributed by atoms with Crippen LogP contribution in [-0.2, 0) is 9.59 Å². The molecule has 8 nitrogen and oxygen atoms in total. The van der Waals surface area contributed by atoms with E-state index >= 15 is 0 Å². The Labute approximate surface area is 172 Å². The summed E-state index contributed by atoms with van der Waals surface area (Å²) in [7, 11) is 0. The molecule has 0 bridgehead atoms. The number of nitrogens with zero attached hydrogens (tertiary/aromatic N) is 2. The zero-order valence-corrected chi connectivity index (χ0v) is 16.2. The van der Waals surface area contributed by atoms with Gasteiger partial charge in [0.05, 0.1) is 29.6 Å². The van der Waals surface area contributed by atoms with Crippen molar-refractivity contribution in [2.45, 2.75) is 18.9 Å². The smallest absolute Gasteiger partial charge is 0.272 e. The largest absolute Gasteiger partial charge is 0.490 e. The second kappa shape index (κ2) is 8.00. The summed E-state index contributed by atoms with van der Waals surface area (Å²) in [6, 6.07) is 11.6.